The van der Waals surface area contributed by atoms with Crippen LogP contribution in [-0.2, 0) is 4.84 Å². The van der Waals surface area contributed by atoms with Crippen LogP contribution in [0, 0.1) is 11.8 Å². The van der Waals surface area contributed by atoms with Crippen molar-refractivity contribution < 1.29 is 4.84 Å². The predicted octanol–water partition coefficient (Wildman–Crippen LogP) is 0.0863. The van der Waals surface area contributed by atoms with Crippen LogP contribution in [0.4, 0.5) is 0 Å². The molecule has 122 valence electrons. The van der Waals surface area contributed by atoms with Crippen LogP contribution >= 0.6 is 0 Å². The van der Waals surface area contributed by atoms with Gasteiger partial charge in [-0.1, -0.05) is 0 Å². The molecule has 2 saturated heterocycles. The normalized spacial score (nSPS) is 42.9. The first kappa shape index (κ1) is 15.6. The lowest BCUT2D eigenvalue weighted by Crippen LogP contribution is -2.58. The molecule has 21 heavy (non-hydrogen) atoms. The fourth-order valence-corrected chi connectivity index (χ4v) is 3.93. The molecule has 0 aromatic rings. The molecule has 0 spiro atoms. The number of nitrogens with one attached hydrogen (secondary N) is 5. The van der Waals surface area contributed by atoms with Crippen LogP contribution in [0.3, 0.4) is 0 Å². The van der Waals surface area contributed by atoms with E-state index in [1.165, 1.54) is 25.7 Å². The molecule has 3 rings (SSSR count). The SMILES string of the molecule is CC1NC(C2CCC(C(C)NC3CNCCN3)CC2)NO1. The third-order valence-corrected chi connectivity index (χ3v) is 5.29. The van der Waals surface area contributed by atoms with E-state index < -0.39 is 0 Å². The highest BCUT2D eigenvalue weighted by atomic mass is 16.7. The summed E-state index contributed by atoms with van der Waals surface area (Å²) in [4.78, 5) is 5.40. The van der Waals surface area contributed by atoms with Crippen molar-refractivity contribution in [3.63, 3.8) is 0 Å². The summed E-state index contributed by atoms with van der Waals surface area (Å²) in [5, 5.41) is 14.2. The van der Waals surface area contributed by atoms with Crippen molar-refractivity contribution in [2.45, 2.75) is 64.1 Å². The molecular formula is C15H31N5O. The Morgan fingerprint density at radius 1 is 1.14 bits per heavy atom. The molecule has 6 heteroatoms. The number of hydrogen-bond acceptors (Lipinski definition) is 6. The summed E-state index contributed by atoms with van der Waals surface area (Å²) < 4.78 is 0. The second kappa shape index (κ2) is 7.35. The molecule has 3 aliphatic rings. The fraction of sp³-hybridized carbons (Fsp3) is 1.00. The number of rotatable bonds is 4. The molecule has 5 N–H and O–H groups in total. The van der Waals surface area contributed by atoms with Crippen molar-refractivity contribution in [2.75, 3.05) is 19.6 Å². The van der Waals surface area contributed by atoms with E-state index in [1.807, 2.05) is 0 Å². The topological polar surface area (TPSA) is 69.4 Å². The zero-order chi connectivity index (χ0) is 14.7. The highest BCUT2D eigenvalue weighted by Gasteiger charge is 2.33. The van der Waals surface area contributed by atoms with Crippen molar-refractivity contribution >= 4 is 0 Å². The standard InChI is InChI=1S/C15H31N5O/c1-10(18-14-9-16-7-8-17-14)12-3-5-13(6-4-12)15-19-11(2)21-20-15/h10-20H,3-9H2,1-2H3. The fourth-order valence-electron chi connectivity index (χ4n) is 3.93. The number of hydroxylamine groups is 1. The van der Waals surface area contributed by atoms with E-state index in [2.05, 4.69) is 40.6 Å². The molecule has 4 unspecified atom stereocenters. The predicted molar refractivity (Wildman–Crippen MR) is 83.3 cm³/mol. The van der Waals surface area contributed by atoms with E-state index in [4.69, 9.17) is 4.84 Å². The Kier molecular flexibility index (Phi) is 5.48. The van der Waals surface area contributed by atoms with Gasteiger partial charge in [0.2, 0.25) is 0 Å². The van der Waals surface area contributed by atoms with E-state index in [0.29, 0.717) is 24.3 Å². The Morgan fingerprint density at radius 2 is 1.95 bits per heavy atom. The first-order valence-corrected chi connectivity index (χ1v) is 8.60. The van der Waals surface area contributed by atoms with Gasteiger partial charge in [-0.2, -0.15) is 5.48 Å². The Bertz CT molecular complexity index is 315. The average molecular weight is 297 g/mol. The lowest BCUT2D eigenvalue weighted by molar-refractivity contribution is 0.0247. The minimum atomic E-state index is 0.137. The van der Waals surface area contributed by atoms with Crippen LogP contribution in [0.25, 0.3) is 0 Å². The molecule has 2 aliphatic heterocycles. The summed E-state index contributed by atoms with van der Waals surface area (Å²) >= 11 is 0. The monoisotopic (exact) mass is 297 g/mol. The maximum absolute atomic E-state index is 5.40. The van der Waals surface area contributed by atoms with Gasteiger partial charge in [0.05, 0.1) is 12.3 Å². The van der Waals surface area contributed by atoms with Crippen LogP contribution in [-0.4, -0.2) is 44.2 Å². The van der Waals surface area contributed by atoms with Gasteiger partial charge in [-0.25, -0.2) is 0 Å². The minimum absolute atomic E-state index is 0.137. The van der Waals surface area contributed by atoms with Crippen molar-refractivity contribution in [3.8, 4) is 0 Å². The molecule has 4 atom stereocenters. The molecule has 0 bridgehead atoms. The average Bonchev–Trinajstić information content (AvgIpc) is 2.95. The Balaban J connectivity index is 1.40. The molecule has 0 aromatic heterocycles. The van der Waals surface area contributed by atoms with Gasteiger partial charge >= 0.3 is 0 Å². The molecule has 0 amide bonds. The van der Waals surface area contributed by atoms with Crippen LogP contribution < -0.4 is 26.7 Å². The van der Waals surface area contributed by atoms with Gasteiger partial charge in [-0.3, -0.25) is 20.8 Å². The van der Waals surface area contributed by atoms with Crippen LogP contribution in [0.2, 0.25) is 0 Å². The summed E-state index contributed by atoms with van der Waals surface area (Å²) in [5.74, 6) is 1.50. The third kappa shape index (κ3) is 4.15. The molecular weight excluding hydrogens is 266 g/mol. The lowest BCUT2D eigenvalue weighted by atomic mass is 9.77. The van der Waals surface area contributed by atoms with Crippen molar-refractivity contribution in [3.05, 3.63) is 0 Å². The van der Waals surface area contributed by atoms with Crippen molar-refractivity contribution in [2.24, 2.45) is 11.8 Å². The van der Waals surface area contributed by atoms with Gasteiger partial charge < -0.3 is 5.32 Å². The Labute approximate surface area is 128 Å². The van der Waals surface area contributed by atoms with Gasteiger partial charge in [-0.15, -0.1) is 0 Å². The van der Waals surface area contributed by atoms with Crippen molar-refractivity contribution in [1.82, 2.24) is 26.7 Å². The van der Waals surface area contributed by atoms with Crippen LogP contribution in [0.1, 0.15) is 39.5 Å². The summed E-state index contributed by atoms with van der Waals surface area (Å²) in [6.45, 7) is 7.58. The van der Waals surface area contributed by atoms with Gasteiger partial charge in [0, 0.05) is 25.7 Å². The highest BCUT2D eigenvalue weighted by molar-refractivity contribution is 4.86. The van der Waals surface area contributed by atoms with Gasteiger partial charge in [0.25, 0.3) is 0 Å². The smallest absolute Gasteiger partial charge is 0.128 e. The van der Waals surface area contributed by atoms with E-state index in [1.54, 1.807) is 0 Å². The summed E-state index contributed by atoms with van der Waals surface area (Å²) in [7, 11) is 0. The first-order valence-electron chi connectivity index (χ1n) is 8.60. The minimum Gasteiger partial charge on any atom is -0.313 e. The zero-order valence-electron chi connectivity index (χ0n) is 13.3. The quantitative estimate of drug-likeness (QED) is 0.507. The summed E-state index contributed by atoms with van der Waals surface area (Å²) in [5.41, 5.74) is 3.14. The molecule has 0 radical (unpaired) electrons. The molecule has 2 heterocycles. The van der Waals surface area contributed by atoms with E-state index in [-0.39, 0.29) is 6.23 Å². The number of piperazine rings is 1. The highest BCUT2D eigenvalue weighted by Crippen LogP contribution is 2.33. The maximum atomic E-state index is 5.40. The lowest BCUT2D eigenvalue weighted by Gasteiger charge is -2.37. The second-order valence-corrected chi connectivity index (χ2v) is 6.86. The van der Waals surface area contributed by atoms with Gasteiger partial charge in [-0.05, 0) is 51.4 Å². The Hall–Kier alpha value is -0.240. The maximum Gasteiger partial charge on any atom is 0.128 e. The third-order valence-electron chi connectivity index (χ3n) is 5.29. The van der Waals surface area contributed by atoms with Crippen LogP contribution in [0.15, 0.2) is 0 Å². The summed E-state index contributed by atoms with van der Waals surface area (Å²) in [6, 6.07) is 0.586. The van der Waals surface area contributed by atoms with E-state index in [9.17, 15) is 0 Å². The number of hydrogen-bond donors (Lipinski definition) is 5. The molecule has 3 fully saturated rings. The largest absolute Gasteiger partial charge is 0.313 e. The molecule has 0 aromatic carbocycles. The molecule has 6 nitrogen and oxygen atoms in total. The van der Waals surface area contributed by atoms with Crippen LogP contribution in [0.5, 0.6) is 0 Å². The first-order chi connectivity index (χ1) is 10.2. The van der Waals surface area contributed by atoms with Gasteiger partial charge in [0.1, 0.15) is 6.23 Å². The van der Waals surface area contributed by atoms with E-state index >= 15 is 0 Å². The van der Waals surface area contributed by atoms with Gasteiger partial charge in [0.15, 0.2) is 0 Å². The van der Waals surface area contributed by atoms with E-state index in [0.717, 1.165) is 25.6 Å². The molecule has 1 aliphatic carbocycles. The van der Waals surface area contributed by atoms with Crippen molar-refractivity contribution in [1.29, 1.82) is 0 Å². The molecule has 1 saturated carbocycles. The summed E-state index contributed by atoms with van der Waals surface area (Å²) in [6.07, 6.45) is 6.10. The Morgan fingerprint density at radius 3 is 2.57 bits per heavy atom. The second-order valence-electron chi connectivity index (χ2n) is 6.86. The zero-order valence-corrected chi connectivity index (χ0v) is 13.3.